The number of benzene rings is 1. The van der Waals surface area contributed by atoms with Gasteiger partial charge in [-0.1, -0.05) is 23.7 Å². The summed E-state index contributed by atoms with van der Waals surface area (Å²) in [5.41, 5.74) is 1.90. The molecule has 11 nitrogen and oxygen atoms in total. The molecule has 2 amide bonds. The Bertz CT molecular complexity index is 1060. The van der Waals surface area contributed by atoms with Gasteiger partial charge in [-0.05, 0) is 30.7 Å². The zero-order chi connectivity index (χ0) is 23.4. The van der Waals surface area contributed by atoms with Crippen LogP contribution in [0.15, 0.2) is 36.0 Å². The molecule has 12 heteroatoms. The van der Waals surface area contributed by atoms with E-state index in [4.69, 9.17) is 21.8 Å². The Morgan fingerprint density at radius 1 is 1.09 bits per heavy atom. The van der Waals surface area contributed by atoms with Crippen LogP contribution in [0.5, 0.6) is 0 Å². The second-order valence-corrected chi connectivity index (χ2v) is 7.50. The summed E-state index contributed by atoms with van der Waals surface area (Å²) in [6, 6.07) is 7.27. The maximum atomic E-state index is 11.9. The highest BCUT2D eigenvalue weighted by Crippen LogP contribution is 2.31. The second-order valence-electron chi connectivity index (χ2n) is 7.06. The highest BCUT2D eigenvalue weighted by Gasteiger charge is 2.35. The van der Waals surface area contributed by atoms with Crippen LogP contribution < -0.4 is 10.2 Å². The average molecular weight is 462 g/mol. The summed E-state index contributed by atoms with van der Waals surface area (Å²) < 4.78 is 1.67. The third kappa shape index (κ3) is 5.30. The molecule has 168 valence electrons. The van der Waals surface area contributed by atoms with Crippen LogP contribution in [0, 0.1) is 0 Å². The molecule has 0 saturated carbocycles. The first-order valence-corrected chi connectivity index (χ1v) is 10.0. The van der Waals surface area contributed by atoms with E-state index < -0.39 is 11.9 Å². The first kappa shape index (κ1) is 22.9. The predicted octanol–water partition coefficient (Wildman–Crippen LogP) is 2.44. The van der Waals surface area contributed by atoms with Crippen LogP contribution in [0.1, 0.15) is 44.2 Å². The van der Waals surface area contributed by atoms with Gasteiger partial charge in [0.1, 0.15) is 6.04 Å². The van der Waals surface area contributed by atoms with Gasteiger partial charge in [0.05, 0.1) is 12.8 Å². The number of allylic oxidation sites excluding steroid dienone is 2. The maximum absolute atomic E-state index is 11.9. The number of aliphatic carboxylic acids is 2. The van der Waals surface area contributed by atoms with Crippen LogP contribution in [0.4, 0.5) is 11.9 Å². The fourth-order valence-electron chi connectivity index (χ4n) is 3.12. The Labute approximate surface area is 187 Å². The summed E-state index contributed by atoms with van der Waals surface area (Å²) in [7, 11) is 0. The number of hydrogen-bond donors (Lipinski definition) is 3. The fraction of sp³-hybridized carbons (Fsp3) is 0.300. The number of carbonyl (C=O) groups is 4. The minimum atomic E-state index is -1.08. The third-order valence-electron chi connectivity index (χ3n) is 4.62. The lowest BCUT2D eigenvalue weighted by Gasteiger charge is -2.22. The first-order valence-electron chi connectivity index (χ1n) is 9.62. The summed E-state index contributed by atoms with van der Waals surface area (Å²) in [6.07, 6.45) is 1.81. The lowest BCUT2D eigenvalue weighted by Crippen LogP contribution is -2.29. The molecule has 2 aliphatic heterocycles. The molecule has 32 heavy (non-hydrogen) atoms. The Balaban J connectivity index is 0.000000312. The zero-order valence-corrected chi connectivity index (χ0v) is 17.7. The molecule has 2 aliphatic rings. The number of nitrogens with zero attached hydrogens (tertiary/aromatic N) is 4. The number of carboxylic acid groups (broad SMARTS) is 2. The number of halogens is 1. The topological polar surface area (TPSA) is 155 Å². The van der Waals surface area contributed by atoms with Crippen molar-refractivity contribution in [2.75, 3.05) is 10.2 Å². The van der Waals surface area contributed by atoms with Gasteiger partial charge in [-0.2, -0.15) is 4.98 Å². The molecular weight excluding hydrogens is 442 g/mol. The Morgan fingerprint density at radius 2 is 1.66 bits per heavy atom. The van der Waals surface area contributed by atoms with Crippen LogP contribution >= 0.6 is 11.6 Å². The SMILES string of the molecule is CC1=CC(c2ccc(Cl)cc2)n2nc(N3C(=O)CCC3=O)nc2N1.O=C(O)CCC(=O)O. The van der Waals surface area contributed by atoms with Crippen LogP contribution in [-0.4, -0.2) is 48.7 Å². The number of amides is 2. The van der Waals surface area contributed by atoms with Crippen LogP contribution in [0.25, 0.3) is 0 Å². The summed E-state index contributed by atoms with van der Waals surface area (Å²) in [5, 5.41) is 24.0. The van der Waals surface area contributed by atoms with Crippen LogP contribution in [0.2, 0.25) is 5.02 Å². The third-order valence-corrected chi connectivity index (χ3v) is 4.87. The molecule has 1 aromatic heterocycles. The van der Waals surface area contributed by atoms with Crippen molar-refractivity contribution in [3.63, 3.8) is 0 Å². The number of carboxylic acids is 2. The van der Waals surface area contributed by atoms with Crippen molar-refractivity contribution < 1.29 is 29.4 Å². The van der Waals surface area contributed by atoms with Crippen molar-refractivity contribution in [3.05, 3.63) is 46.6 Å². The molecule has 4 rings (SSSR count). The number of rotatable bonds is 5. The molecule has 3 N–H and O–H groups in total. The fourth-order valence-corrected chi connectivity index (χ4v) is 3.25. The van der Waals surface area contributed by atoms with Gasteiger partial charge in [0.15, 0.2) is 0 Å². The Kier molecular flexibility index (Phi) is 6.89. The van der Waals surface area contributed by atoms with Gasteiger partial charge in [-0.15, -0.1) is 5.10 Å². The summed E-state index contributed by atoms with van der Waals surface area (Å²) in [4.78, 5) is 48.5. The molecule has 3 heterocycles. The average Bonchev–Trinajstić information content (AvgIpc) is 3.29. The van der Waals surface area contributed by atoms with E-state index in [-0.39, 0.29) is 49.5 Å². The van der Waals surface area contributed by atoms with Gasteiger partial charge < -0.3 is 15.5 Å². The van der Waals surface area contributed by atoms with Crippen LogP contribution in [-0.2, 0) is 19.2 Å². The van der Waals surface area contributed by atoms with Crippen molar-refractivity contribution in [1.82, 2.24) is 14.8 Å². The Morgan fingerprint density at radius 3 is 2.19 bits per heavy atom. The number of anilines is 2. The molecule has 2 aromatic rings. The van der Waals surface area contributed by atoms with E-state index in [0.29, 0.717) is 11.0 Å². The van der Waals surface area contributed by atoms with E-state index >= 15 is 0 Å². The smallest absolute Gasteiger partial charge is 0.303 e. The Hall–Kier alpha value is -3.73. The van der Waals surface area contributed by atoms with E-state index in [0.717, 1.165) is 16.2 Å². The van der Waals surface area contributed by atoms with E-state index in [9.17, 15) is 19.2 Å². The van der Waals surface area contributed by atoms with Gasteiger partial charge >= 0.3 is 11.9 Å². The predicted molar refractivity (Wildman–Crippen MR) is 113 cm³/mol. The molecule has 0 radical (unpaired) electrons. The van der Waals surface area contributed by atoms with Crippen molar-refractivity contribution in [2.24, 2.45) is 0 Å². The lowest BCUT2D eigenvalue weighted by atomic mass is 10.1. The highest BCUT2D eigenvalue weighted by atomic mass is 35.5. The maximum Gasteiger partial charge on any atom is 0.303 e. The molecule has 0 aliphatic carbocycles. The summed E-state index contributed by atoms with van der Waals surface area (Å²) in [6.45, 7) is 1.92. The second kappa shape index (κ2) is 9.60. The first-order chi connectivity index (χ1) is 15.2. The van der Waals surface area contributed by atoms with Crippen molar-refractivity contribution >= 4 is 47.3 Å². The largest absolute Gasteiger partial charge is 0.481 e. The summed E-state index contributed by atoms with van der Waals surface area (Å²) in [5.74, 6) is -2.07. The highest BCUT2D eigenvalue weighted by molar-refractivity contribution is 6.30. The minimum absolute atomic E-state index is 0.118. The zero-order valence-electron chi connectivity index (χ0n) is 17.0. The van der Waals surface area contributed by atoms with Crippen molar-refractivity contribution in [1.29, 1.82) is 0 Å². The molecule has 1 unspecified atom stereocenters. The monoisotopic (exact) mass is 461 g/mol. The molecule has 0 bridgehead atoms. The van der Waals surface area contributed by atoms with Crippen molar-refractivity contribution in [3.8, 4) is 0 Å². The molecule has 0 spiro atoms. The van der Waals surface area contributed by atoms with E-state index in [1.165, 1.54) is 0 Å². The molecular formula is C20H20ClN5O6. The standard InChI is InChI=1S/C16H14ClN5O2.C4H6O4/c1-9-8-12(10-2-4-11(17)5-3-10)22-15(18-9)19-16(20-22)21-13(23)6-7-14(21)24;5-3(6)1-2-4(7)8/h2-5,8,12H,6-7H2,1H3,(H,18,19,20);1-2H2,(H,5,6)(H,7,8). The van der Waals surface area contributed by atoms with Crippen LogP contribution in [0.3, 0.4) is 0 Å². The molecule has 1 aromatic carbocycles. The number of imide groups is 1. The van der Waals surface area contributed by atoms with Gasteiger partial charge in [0.2, 0.25) is 17.8 Å². The van der Waals surface area contributed by atoms with Gasteiger partial charge in [0.25, 0.3) is 5.95 Å². The quantitative estimate of drug-likeness (QED) is 0.569. The number of nitrogens with one attached hydrogen (secondary N) is 1. The number of aromatic nitrogens is 3. The lowest BCUT2D eigenvalue weighted by molar-refractivity contribution is -0.143. The molecule has 1 saturated heterocycles. The number of hydrogen-bond acceptors (Lipinski definition) is 7. The summed E-state index contributed by atoms with van der Waals surface area (Å²) >= 11 is 5.96. The normalized spacial score (nSPS) is 17.1. The van der Waals surface area contributed by atoms with Gasteiger partial charge in [-0.25, -0.2) is 9.58 Å². The van der Waals surface area contributed by atoms with Gasteiger partial charge in [0, 0.05) is 23.6 Å². The number of fused-ring (bicyclic) bond motifs is 1. The van der Waals surface area contributed by atoms with E-state index in [1.54, 1.807) is 4.68 Å². The van der Waals surface area contributed by atoms with Crippen molar-refractivity contribution in [2.45, 2.75) is 38.6 Å². The van der Waals surface area contributed by atoms with E-state index in [2.05, 4.69) is 15.4 Å². The van der Waals surface area contributed by atoms with Gasteiger partial charge in [-0.3, -0.25) is 19.2 Å². The number of carbonyl (C=O) groups excluding carboxylic acids is 2. The molecule has 1 atom stereocenters. The minimum Gasteiger partial charge on any atom is -0.481 e. The van der Waals surface area contributed by atoms with E-state index in [1.807, 2.05) is 37.3 Å². The molecule has 1 fully saturated rings.